The van der Waals surface area contributed by atoms with Gasteiger partial charge in [-0.05, 0) is 43.3 Å². The van der Waals surface area contributed by atoms with E-state index in [1.54, 1.807) is 42.7 Å². The van der Waals surface area contributed by atoms with Crippen LogP contribution in [0.5, 0.6) is 5.75 Å². The largest absolute Gasteiger partial charge is 0.494 e. The lowest BCUT2D eigenvalue weighted by Crippen LogP contribution is -2.19. The lowest BCUT2D eigenvalue weighted by molar-refractivity contribution is 0.262. The Kier molecular flexibility index (Phi) is 5.55. The van der Waals surface area contributed by atoms with Crippen molar-refractivity contribution in [3.05, 3.63) is 48.5 Å². The third kappa shape index (κ3) is 4.60. The molecule has 1 atom stereocenters. The summed E-state index contributed by atoms with van der Waals surface area (Å²) in [4.78, 5) is 12.7. The highest BCUT2D eigenvalue weighted by atomic mass is 32.2. The van der Waals surface area contributed by atoms with Crippen LogP contribution >= 0.6 is 0 Å². The maximum Gasteiger partial charge on any atom is 0.323 e. The lowest BCUT2D eigenvalue weighted by Gasteiger charge is -2.09. The predicted octanol–water partition coefficient (Wildman–Crippen LogP) is 3.47. The molecule has 2 rings (SSSR count). The van der Waals surface area contributed by atoms with Gasteiger partial charge < -0.3 is 15.4 Å². The first-order valence-corrected chi connectivity index (χ1v) is 8.38. The van der Waals surface area contributed by atoms with Gasteiger partial charge in [0.2, 0.25) is 0 Å². The Bertz CT molecular complexity index is 671. The normalized spacial score (nSPS) is 11.5. The van der Waals surface area contributed by atoms with Gasteiger partial charge in [0.1, 0.15) is 5.75 Å². The van der Waals surface area contributed by atoms with Crippen LogP contribution < -0.4 is 15.4 Å². The number of benzene rings is 2. The fourth-order valence-corrected chi connectivity index (χ4v) is 2.37. The van der Waals surface area contributed by atoms with E-state index in [2.05, 4.69) is 10.6 Å². The van der Waals surface area contributed by atoms with Gasteiger partial charge in [0, 0.05) is 39.4 Å². The number of rotatable bonds is 5. The molecule has 0 spiro atoms. The number of anilines is 2. The van der Waals surface area contributed by atoms with Crippen molar-refractivity contribution >= 4 is 28.2 Å². The number of carbonyl (C=O) groups is 1. The predicted molar refractivity (Wildman–Crippen MR) is 89.0 cm³/mol. The minimum absolute atomic E-state index is 0.348. The highest BCUT2D eigenvalue weighted by Crippen LogP contribution is 2.18. The minimum Gasteiger partial charge on any atom is -0.494 e. The molecule has 5 nitrogen and oxygen atoms in total. The van der Waals surface area contributed by atoms with Crippen LogP contribution in [0.3, 0.4) is 0 Å². The van der Waals surface area contributed by atoms with Crippen molar-refractivity contribution in [3.63, 3.8) is 0 Å². The molecule has 2 aromatic rings. The standard InChI is InChI=1S/C16H18N2O3S/c1-3-21-14-6-4-5-13(11-14)18-16(19)17-12-7-9-15(10-8-12)22(2)20/h4-11H,3H2,1-2H3,(H2,17,18,19)/t22-/m1/s1. The quantitative estimate of drug-likeness (QED) is 0.887. The lowest BCUT2D eigenvalue weighted by atomic mass is 10.3. The molecule has 0 unspecified atom stereocenters. The summed E-state index contributed by atoms with van der Waals surface area (Å²) >= 11 is 0. The number of nitrogens with one attached hydrogen (secondary N) is 2. The van der Waals surface area contributed by atoms with Gasteiger partial charge in [-0.15, -0.1) is 0 Å². The van der Waals surface area contributed by atoms with E-state index < -0.39 is 10.8 Å². The highest BCUT2D eigenvalue weighted by Gasteiger charge is 2.04. The fourth-order valence-electron chi connectivity index (χ4n) is 1.85. The van der Waals surface area contributed by atoms with Gasteiger partial charge in [-0.1, -0.05) is 6.07 Å². The van der Waals surface area contributed by atoms with Gasteiger partial charge in [0.25, 0.3) is 0 Å². The Labute approximate surface area is 132 Å². The summed E-state index contributed by atoms with van der Waals surface area (Å²) in [6.45, 7) is 2.47. The summed E-state index contributed by atoms with van der Waals surface area (Å²) in [5, 5.41) is 5.45. The zero-order chi connectivity index (χ0) is 15.9. The summed E-state index contributed by atoms with van der Waals surface area (Å²) in [6, 6.07) is 13.7. The molecule has 6 heteroatoms. The summed E-state index contributed by atoms with van der Waals surface area (Å²) in [7, 11) is -1.03. The van der Waals surface area contributed by atoms with Crippen LogP contribution in [-0.4, -0.2) is 23.1 Å². The first-order valence-electron chi connectivity index (χ1n) is 6.83. The average molecular weight is 318 g/mol. The van der Waals surface area contributed by atoms with Crippen LogP contribution in [0.25, 0.3) is 0 Å². The van der Waals surface area contributed by atoms with E-state index >= 15 is 0 Å². The summed E-state index contributed by atoms with van der Waals surface area (Å²) in [5.74, 6) is 0.704. The summed E-state index contributed by atoms with van der Waals surface area (Å²) < 4.78 is 16.7. The molecule has 116 valence electrons. The molecule has 2 aromatic carbocycles. The van der Waals surface area contributed by atoms with Gasteiger partial charge in [0.15, 0.2) is 0 Å². The van der Waals surface area contributed by atoms with E-state index in [0.717, 1.165) is 4.90 Å². The molecule has 0 aromatic heterocycles. The van der Waals surface area contributed by atoms with Crippen molar-refractivity contribution < 1.29 is 13.7 Å². The van der Waals surface area contributed by atoms with Gasteiger partial charge in [0.05, 0.1) is 6.61 Å². The van der Waals surface area contributed by atoms with Crippen LogP contribution in [0.4, 0.5) is 16.2 Å². The van der Waals surface area contributed by atoms with Crippen molar-refractivity contribution in [1.82, 2.24) is 0 Å². The van der Waals surface area contributed by atoms with Crippen molar-refractivity contribution in [2.24, 2.45) is 0 Å². The van der Waals surface area contributed by atoms with Gasteiger partial charge in [-0.25, -0.2) is 4.79 Å². The van der Waals surface area contributed by atoms with E-state index in [0.29, 0.717) is 23.7 Å². The summed E-state index contributed by atoms with van der Waals surface area (Å²) in [6.07, 6.45) is 1.61. The van der Waals surface area contributed by atoms with Crippen molar-refractivity contribution in [2.75, 3.05) is 23.5 Å². The van der Waals surface area contributed by atoms with Crippen LogP contribution in [0.1, 0.15) is 6.92 Å². The second kappa shape index (κ2) is 7.61. The topological polar surface area (TPSA) is 67.4 Å². The molecule has 2 N–H and O–H groups in total. The number of hydrogen-bond acceptors (Lipinski definition) is 3. The Morgan fingerprint density at radius 1 is 1.09 bits per heavy atom. The Morgan fingerprint density at radius 2 is 1.77 bits per heavy atom. The molecule has 0 bridgehead atoms. The van der Waals surface area contributed by atoms with Crippen LogP contribution in [0.2, 0.25) is 0 Å². The molecule has 0 aliphatic carbocycles. The maximum atomic E-state index is 11.9. The Morgan fingerprint density at radius 3 is 2.41 bits per heavy atom. The second-order valence-corrected chi connectivity index (χ2v) is 5.90. The van der Waals surface area contributed by atoms with E-state index in [4.69, 9.17) is 4.74 Å². The Hall–Kier alpha value is -2.34. The van der Waals surface area contributed by atoms with E-state index in [1.165, 1.54) is 0 Å². The third-order valence-corrected chi connectivity index (χ3v) is 3.78. The molecule has 0 aliphatic heterocycles. The maximum absolute atomic E-state index is 11.9. The molecular formula is C16H18N2O3S. The van der Waals surface area contributed by atoms with Crippen LogP contribution in [-0.2, 0) is 10.8 Å². The monoisotopic (exact) mass is 318 g/mol. The van der Waals surface area contributed by atoms with Crippen molar-refractivity contribution in [3.8, 4) is 5.75 Å². The molecule has 0 saturated carbocycles. The molecule has 2 amide bonds. The van der Waals surface area contributed by atoms with Crippen molar-refractivity contribution in [2.45, 2.75) is 11.8 Å². The molecular weight excluding hydrogens is 300 g/mol. The zero-order valence-electron chi connectivity index (χ0n) is 12.5. The number of carbonyl (C=O) groups excluding carboxylic acids is 1. The highest BCUT2D eigenvalue weighted by molar-refractivity contribution is 7.84. The average Bonchev–Trinajstić information content (AvgIpc) is 2.48. The van der Waals surface area contributed by atoms with Crippen molar-refractivity contribution in [1.29, 1.82) is 0 Å². The van der Waals surface area contributed by atoms with Crippen LogP contribution in [0, 0.1) is 0 Å². The number of ether oxygens (including phenoxy) is 1. The van der Waals surface area contributed by atoms with Crippen LogP contribution in [0.15, 0.2) is 53.4 Å². The SMILES string of the molecule is CCOc1cccc(NC(=O)Nc2ccc([S@@](C)=O)cc2)c1. The first kappa shape index (κ1) is 16.0. The van der Waals surface area contributed by atoms with Gasteiger partial charge in [-0.3, -0.25) is 4.21 Å². The third-order valence-electron chi connectivity index (χ3n) is 2.85. The van der Waals surface area contributed by atoms with E-state index in [-0.39, 0.29) is 6.03 Å². The smallest absolute Gasteiger partial charge is 0.323 e. The first-order chi connectivity index (χ1) is 10.6. The van der Waals surface area contributed by atoms with E-state index in [1.807, 2.05) is 19.1 Å². The number of amides is 2. The number of hydrogen-bond donors (Lipinski definition) is 2. The molecule has 0 radical (unpaired) electrons. The molecule has 22 heavy (non-hydrogen) atoms. The Balaban J connectivity index is 1.97. The number of urea groups is 1. The summed E-state index contributed by atoms with van der Waals surface area (Å²) in [5.41, 5.74) is 1.28. The fraction of sp³-hybridized carbons (Fsp3) is 0.188. The van der Waals surface area contributed by atoms with Gasteiger partial charge >= 0.3 is 6.03 Å². The second-order valence-electron chi connectivity index (χ2n) is 4.52. The molecule has 0 saturated heterocycles. The molecule has 0 fully saturated rings. The minimum atomic E-state index is -1.03. The van der Waals surface area contributed by atoms with Gasteiger partial charge in [-0.2, -0.15) is 0 Å². The molecule has 0 heterocycles. The van der Waals surface area contributed by atoms with E-state index in [9.17, 15) is 9.00 Å². The zero-order valence-corrected chi connectivity index (χ0v) is 13.3. The molecule has 0 aliphatic rings.